The van der Waals surface area contributed by atoms with Crippen molar-refractivity contribution in [3.05, 3.63) is 52.1 Å². The number of fused-ring (bicyclic) bond motifs is 2. The largest absolute Gasteiger partial charge is 0.507 e. The maximum atomic E-state index is 13.1. The third-order valence-electron chi connectivity index (χ3n) is 6.24. The van der Waals surface area contributed by atoms with Crippen molar-refractivity contribution in [1.29, 1.82) is 0 Å². The number of aromatic hydroxyl groups is 2. The molecule has 11 nitrogen and oxygen atoms in total. The van der Waals surface area contributed by atoms with Crippen molar-refractivity contribution in [3.63, 3.8) is 0 Å². The number of carbonyl (C=O) groups excluding carboxylic acids is 4. The lowest BCUT2D eigenvalue weighted by Crippen LogP contribution is -2.62. The lowest BCUT2D eigenvalue weighted by atomic mass is 9.83. The van der Waals surface area contributed by atoms with Crippen LogP contribution in [0.5, 0.6) is 17.2 Å². The second-order valence-corrected chi connectivity index (χ2v) is 9.35. The van der Waals surface area contributed by atoms with Gasteiger partial charge >= 0.3 is 17.9 Å². The summed E-state index contributed by atoms with van der Waals surface area (Å²) in [5.74, 6) is -3.09. The molecule has 0 bridgehead atoms. The molecule has 5 atom stereocenters. The van der Waals surface area contributed by atoms with Crippen LogP contribution in [0.15, 0.2) is 24.3 Å². The maximum absolute atomic E-state index is 13.1. The van der Waals surface area contributed by atoms with Crippen LogP contribution in [0.3, 0.4) is 0 Å². The lowest BCUT2D eigenvalue weighted by molar-refractivity contribution is -0.280. The number of phenols is 2. The molecule has 0 aromatic heterocycles. The number of rotatable bonds is 5. The van der Waals surface area contributed by atoms with E-state index in [-0.39, 0.29) is 34.8 Å². The Morgan fingerprint density at radius 1 is 0.816 bits per heavy atom. The van der Waals surface area contributed by atoms with Crippen LogP contribution in [-0.2, 0) is 39.8 Å². The molecule has 2 aromatic carbocycles. The number of esters is 3. The molecule has 2 N–H and O–H groups in total. The SMILES string of the molecule is CC(=O)O[C@@H]1[C@@H](OC(C)=O)[C@H](C)O[C@@H](Oc2cc(O)c3c(c2)Cc2cc(C)cc(O)c2C3=O)[C@@H]1OC(C)=O. The van der Waals surface area contributed by atoms with Crippen LogP contribution in [0.1, 0.15) is 60.3 Å². The fourth-order valence-corrected chi connectivity index (χ4v) is 4.90. The van der Waals surface area contributed by atoms with Gasteiger partial charge in [0.15, 0.2) is 12.2 Å². The van der Waals surface area contributed by atoms with E-state index in [0.29, 0.717) is 11.1 Å². The van der Waals surface area contributed by atoms with Crippen LogP contribution < -0.4 is 4.74 Å². The maximum Gasteiger partial charge on any atom is 0.303 e. The Morgan fingerprint density at radius 2 is 1.34 bits per heavy atom. The monoisotopic (exact) mass is 528 g/mol. The average molecular weight is 529 g/mol. The van der Waals surface area contributed by atoms with Crippen molar-refractivity contribution in [2.75, 3.05) is 0 Å². The zero-order valence-corrected chi connectivity index (χ0v) is 21.5. The van der Waals surface area contributed by atoms with Crippen LogP contribution in [0, 0.1) is 6.92 Å². The number of aryl methyl sites for hydroxylation is 1. The van der Waals surface area contributed by atoms with E-state index in [1.807, 2.05) is 0 Å². The molecule has 1 fully saturated rings. The summed E-state index contributed by atoms with van der Waals surface area (Å²) >= 11 is 0. The van der Waals surface area contributed by atoms with Gasteiger partial charge in [-0.2, -0.15) is 0 Å². The summed E-state index contributed by atoms with van der Waals surface area (Å²) in [7, 11) is 0. The molecule has 0 amide bonds. The number of phenolic OH excluding ortho intramolecular Hbond substituents is 2. The average Bonchev–Trinajstić information content (AvgIpc) is 2.77. The zero-order valence-electron chi connectivity index (χ0n) is 21.5. The third kappa shape index (κ3) is 5.28. The normalized spacial score (nSPS) is 24.0. The van der Waals surface area contributed by atoms with Crippen LogP contribution >= 0.6 is 0 Å². The van der Waals surface area contributed by atoms with Crippen molar-refractivity contribution >= 4 is 23.7 Å². The van der Waals surface area contributed by atoms with E-state index >= 15 is 0 Å². The smallest absolute Gasteiger partial charge is 0.303 e. The van der Waals surface area contributed by atoms with E-state index in [9.17, 15) is 29.4 Å². The molecule has 1 saturated heterocycles. The zero-order chi connectivity index (χ0) is 27.9. The number of hydrogen-bond donors (Lipinski definition) is 2. The number of ketones is 1. The standard InChI is InChI=1S/C27H28O11/c1-11-6-16-8-17-9-18(10-20(32)22(17)23(33)21(16)19(31)7-11)38-27-26(37-15(5)30)25(36-14(4)29)24(12(2)34-27)35-13(3)28/h6-7,9-10,12,24-27,31-32H,8H2,1-5H3/t12-,24-,25+,26+,27-/m0/s1. The van der Waals surface area contributed by atoms with Gasteiger partial charge in [-0.15, -0.1) is 0 Å². The Labute approximate surface area is 218 Å². The van der Waals surface area contributed by atoms with Gasteiger partial charge in [0.2, 0.25) is 18.2 Å². The first-order valence-electron chi connectivity index (χ1n) is 11.9. The highest BCUT2D eigenvalue weighted by molar-refractivity contribution is 6.15. The van der Waals surface area contributed by atoms with Crippen molar-refractivity contribution in [3.8, 4) is 17.2 Å². The fourth-order valence-electron chi connectivity index (χ4n) is 4.90. The molecule has 38 heavy (non-hydrogen) atoms. The molecule has 0 unspecified atom stereocenters. The second kappa shape index (κ2) is 10.3. The van der Waals surface area contributed by atoms with Gasteiger partial charge in [0.05, 0.1) is 17.2 Å². The van der Waals surface area contributed by atoms with Gasteiger partial charge in [0.25, 0.3) is 0 Å². The molecule has 0 radical (unpaired) electrons. The minimum Gasteiger partial charge on any atom is -0.507 e. The van der Waals surface area contributed by atoms with Gasteiger partial charge in [0, 0.05) is 26.8 Å². The Morgan fingerprint density at radius 3 is 1.95 bits per heavy atom. The van der Waals surface area contributed by atoms with Gasteiger partial charge in [-0.1, -0.05) is 6.07 Å². The Balaban J connectivity index is 1.69. The van der Waals surface area contributed by atoms with Crippen molar-refractivity contribution in [2.45, 2.75) is 71.7 Å². The van der Waals surface area contributed by atoms with Crippen molar-refractivity contribution in [2.24, 2.45) is 0 Å². The van der Waals surface area contributed by atoms with Gasteiger partial charge < -0.3 is 33.9 Å². The van der Waals surface area contributed by atoms with Gasteiger partial charge in [0.1, 0.15) is 17.2 Å². The predicted molar refractivity (Wildman–Crippen MR) is 129 cm³/mol. The summed E-state index contributed by atoms with van der Waals surface area (Å²) in [6.07, 6.45) is -5.62. The fraction of sp³-hybridized carbons (Fsp3) is 0.407. The predicted octanol–water partition coefficient (Wildman–Crippen LogP) is 2.46. The van der Waals surface area contributed by atoms with Crippen LogP contribution in [-0.4, -0.2) is 64.6 Å². The summed E-state index contributed by atoms with van der Waals surface area (Å²) in [4.78, 5) is 48.6. The molecule has 11 heteroatoms. The Bertz CT molecular complexity index is 1310. The minimum atomic E-state index is -1.34. The van der Waals surface area contributed by atoms with E-state index in [4.69, 9.17) is 23.7 Å². The van der Waals surface area contributed by atoms with Crippen LogP contribution in [0.25, 0.3) is 0 Å². The first-order chi connectivity index (χ1) is 17.8. The third-order valence-corrected chi connectivity index (χ3v) is 6.24. The van der Waals surface area contributed by atoms with E-state index in [1.54, 1.807) is 19.9 Å². The number of ether oxygens (including phenoxy) is 5. The summed E-state index contributed by atoms with van der Waals surface area (Å²) in [6.45, 7) is 6.83. The van der Waals surface area contributed by atoms with Crippen molar-refractivity contribution < 1.29 is 53.1 Å². The highest BCUT2D eigenvalue weighted by Gasteiger charge is 2.51. The van der Waals surface area contributed by atoms with Crippen molar-refractivity contribution in [1.82, 2.24) is 0 Å². The van der Waals surface area contributed by atoms with Gasteiger partial charge in [-0.05, 0) is 49.1 Å². The van der Waals surface area contributed by atoms with Crippen LogP contribution in [0.4, 0.5) is 0 Å². The topological polar surface area (TPSA) is 155 Å². The Kier molecular flexibility index (Phi) is 7.32. The van der Waals surface area contributed by atoms with Crippen LogP contribution in [0.2, 0.25) is 0 Å². The van der Waals surface area contributed by atoms with E-state index in [1.165, 1.54) is 25.1 Å². The summed E-state index contributed by atoms with van der Waals surface area (Å²) in [6, 6.07) is 6.00. The first kappa shape index (κ1) is 26.9. The molecule has 0 spiro atoms. The van der Waals surface area contributed by atoms with E-state index < -0.39 is 54.4 Å². The summed E-state index contributed by atoms with van der Waals surface area (Å²) in [5, 5.41) is 21.1. The molecule has 2 aliphatic rings. The summed E-state index contributed by atoms with van der Waals surface area (Å²) < 4.78 is 27.9. The molecule has 2 aromatic rings. The minimum absolute atomic E-state index is 0.0335. The van der Waals surface area contributed by atoms with E-state index in [0.717, 1.165) is 19.4 Å². The molecule has 1 aliphatic heterocycles. The molecule has 1 aliphatic carbocycles. The number of benzene rings is 2. The molecule has 1 heterocycles. The Hall–Kier alpha value is -4.12. The molecular formula is C27H28O11. The van der Waals surface area contributed by atoms with Gasteiger partial charge in [-0.3, -0.25) is 19.2 Å². The van der Waals surface area contributed by atoms with E-state index in [2.05, 4.69) is 0 Å². The molecular weight excluding hydrogens is 500 g/mol. The first-order valence-corrected chi connectivity index (χ1v) is 11.9. The number of carbonyl (C=O) groups is 4. The second-order valence-electron chi connectivity index (χ2n) is 9.35. The van der Waals surface area contributed by atoms with Gasteiger partial charge in [-0.25, -0.2) is 0 Å². The molecule has 4 rings (SSSR count). The lowest BCUT2D eigenvalue weighted by Gasteiger charge is -2.43. The summed E-state index contributed by atoms with van der Waals surface area (Å²) in [5.41, 5.74) is 1.97. The highest BCUT2D eigenvalue weighted by atomic mass is 16.7. The molecule has 202 valence electrons. The number of hydrogen-bond acceptors (Lipinski definition) is 11. The highest BCUT2D eigenvalue weighted by Crippen LogP contribution is 2.40. The quantitative estimate of drug-likeness (QED) is 0.371. The molecule has 0 saturated carbocycles.